The molecule has 1 aromatic rings. The molecule has 1 fully saturated rings. The molecule has 0 aliphatic carbocycles. The summed E-state index contributed by atoms with van der Waals surface area (Å²) in [7, 11) is -3.19. The second-order valence-electron chi connectivity index (χ2n) is 6.09. The number of halogens is 1. The van der Waals surface area contributed by atoms with Crippen LogP contribution in [-0.2, 0) is 20.2 Å². The number of nitrogens with zero attached hydrogens (tertiary/aromatic N) is 2. The van der Waals surface area contributed by atoms with Crippen molar-refractivity contribution >= 4 is 27.5 Å². The molecule has 2 rings (SSSR count). The second-order valence-corrected chi connectivity index (χ2v) is 8.51. The highest BCUT2D eigenvalue weighted by molar-refractivity contribution is 7.88. The lowest BCUT2D eigenvalue weighted by atomic mass is 9.83. The Hall–Kier alpha value is -1.11. The molecule has 122 valence electrons. The number of rotatable bonds is 3. The predicted octanol–water partition coefficient (Wildman–Crippen LogP) is 1.72. The third-order valence-corrected chi connectivity index (χ3v) is 5.65. The SMILES string of the molecule is CC(C)(C(=O)N1CCN(S(C)(=O)=O)CC1)c1ccc(Cl)cc1. The highest BCUT2D eigenvalue weighted by atomic mass is 35.5. The summed E-state index contributed by atoms with van der Waals surface area (Å²) in [6.45, 7) is 5.29. The van der Waals surface area contributed by atoms with Gasteiger partial charge in [0.05, 0.1) is 11.7 Å². The fourth-order valence-electron chi connectivity index (χ4n) is 2.61. The van der Waals surface area contributed by atoms with Gasteiger partial charge in [0, 0.05) is 31.2 Å². The van der Waals surface area contributed by atoms with Crippen molar-refractivity contribution in [3.8, 4) is 0 Å². The molecule has 0 atom stereocenters. The van der Waals surface area contributed by atoms with E-state index in [0.29, 0.717) is 31.2 Å². The van der Waals surface area contributed by atoms with Crippen LogP contribution in [0.2, 0.25) is 5.02 Å². The summed E-state index contributed by atoms with van der Waals surface area (Å²) in [4.78, 5) is 14.5. The molecule has 7 heteroatoms. The van der Waals surface area contributed by atoms with E-state index < -0.39 is 15.4 Å². The Morgan fingerprint density at radius 1 is 1.09 bits per heavy atom. The van der Waals surface area contributed by atoms with Crippen molar-refractivity contribution in [3.05, 3.63) is 34.9 Å². The molecule has 1 heterocycles. The van der Waals surface area contributed by atoms with Gasteiger partial charge in [-0.1, -0.05) is 23.7 Å². The van der Waals surface area contributed by atoms with Crippen LogP contribution in [0.25, 0.3) is 0 Å². The van der Waals surface area contributed by atoms with Crippen LogP contribution in [0, 0.1) is 0 Å². The van der Waals surface area contributed by atoms with Crippen molar-refractivity contribution in [2.24, 2.45) is 0 Å². The maximum atomic E-state index is 12.8. The van der Waals surface area contributed by atoms with Crippen molar-refractivity contribution in [1.29, 1.82) is 0 Å². The van der Waals surface area contributed by atoms with Crippen LogP contribution in [0.3, 0.4) is 0 Å². The normalized spacial score (nSPS) is 17.5. The largest absolute Gasteiger partial charge is 0.339 e. The minimum Gasteiger partial charge on any atom is -0.339 e. The molecule has 1 aliphatic rings. The fourth-order valence-corrected chi connectivity index (χ4v) is 3.56. The number of amides is 1. The van der Waals surface area contributed by atoms with E-state index in [1.807, 2.05) is 26.0 Å². The van der Waals surface area contributed by atoms with Crippen LogP contribution in [0.5, 0.6) is 0 Å². The van der Waals surface area contributed by atoms with Crippen LogP contribution in [0.1, 0.15) is 19.4 Å². The van der Waals surface area contributed by atoms with Gasteiger partial charge in [-0.15, -0.1) is 0 Å². The van der Waals surface area contributed by atoms with Gasteiger partial charge >= 0.3 is 0 Å². The van der Waals surface area contributed by atoms with Crippen molar-refractivity contribution in [2.45, 2.75) is 19.3 Å². The van der Waals surface area contributed by atoms with Crippen LogP contribution < -0.4 is 0 Å². The van der Waals surface area contributed by atoms with Crippen molar-refractivity contribution in [2.75, 3.05) is 32.4 Å². The molecule has 0 bridgehead atoms. The van der Waals surface area contributed by atoms with Gasteiger partial charge in [-0.25, -0.2) is 8.42 Å². The Labute approximate surface area is 136 Å². The van der Waals surface area contributed by atoms with Gasteiger partial charge in [0.15, 0.2) is 0 Å². The summed E-state index contributed by atoms with van der Waals surface area (Å²) in [5, 5.41) is 0.633. The molecule has 22 heavy (non-hydrogen) atoms. The average molecular weight is 345 g/mol. The van der Waals surface area contributed by atoms with E-state index in [0.717, 1.165) is 5.56 Å². The number of piperazine rings is 1. The van der Waals surface area contributed by atoms with Gasteiger partial charge in [-0.05, 0) is 31.5 Å². The van der Waals surface area contributed by atoms with Crippen LogP contribution in [0.15, 0.2) is 24.3 Å². The highest BCUT2D eigenvalue weighted by Gasteiger charge is 2.36. The van der Waals surface area contributed by atoms with E-state index in [1.165, 1.54) is 10.6 Å². The molecule has 1 saturated heterocycles. The minimum atomic E-state index is -3.19. The van der Waals surface area contributed by atoms with Crippen molar-refractivity contribution < 1.29 is 13.2 Å². The van der Waals surface area contributed by atoms with Gasteiger partial charge in [-0.2, -0.15) is 4.31 Å². The zero-order valence-electron chi connectivity index (χ0n) is 13.0. The lowest BCUT2D eigenvalue weighted by Crippen LogP contribution is -2.54. The summed E-state index contributed by atoms with van der Waals surface area (Å²) in [5.74, 6) is 0.00275. The summed E-state index contributed by atoms with van der Waals surface area (Å²) < 4.78 is 24.5. The topological polar surface area (TPSA) is 57.7 Å². The summed E-state index contributed by atoms with van der Waals surface area (Å²) in [6, 6.07) is 7.25. The molecule has 1 aliphatic heterocycles. The monoisotopic (exact) mass is 344 g/mol. The first kappa shape index (κ1) is 17.2. The van der Waals surface area contributed by atoms with Gasteiger partial charge in [0.2, 0.25) is 15.9 Å². The Balaban J connectivity index is 2.10. The Kier molecular flexibility index (Phi) is 4.84. The van der Waals surface area contributed by atoms with Crippen LogP contribution in [0.4, 0.5) is 0 Å². The van der Waals surface area contributed by atoms with E-state index in [4.69, 9.17) is 11.6 Å². The van der Waals surface area contributed by atoms with Crippen LogP contribution in [-0.4, -0.2) is 56.0 Å². The van der Waals surface area contributed by atoms with Gasteiger partial charge < -0.3 is 4.90 Å². The van der Waals surface area contributed by atoms with Crippen molar-refractivity contribution in [1.82, 2.24) is 9.21 Å². The van der Waals surface area contributed by atoms with E-state index in [9.17, 15) is 13.2 Å². The lowest BCUT2D eigenvalue weighted by Gasteiger charge is -2.37. The first-order valence-corrected chi connectivity index (χ1v) is 9.35. The molecular weight excluding hydrogens is 324 g/mol. The highest BCUT2D eigenvalue weighted by Crippen LogP contribution is 2.27. The average Bonchev–Trinajstić information content (AvgIpc) is 2.46. The van der Waals surface area contributed by atoms with Gasteiger partial charge in [0.25, 0.3) is 0 Å². The van der Waals surface area contributed by atoms with E-state index >= 15 is 0 Å². The maximum Gasteiger partial charge on any atom is 0.232 e. The summed E-state index contributed by atoms with van der Waals surface area (Å²) in [6.07, 6.45) is 1.20. The third kappa shape index (κ3) is 3.62. The van der Waals surface area contributed by atoms with Crippen LogP contribution >= 0.6 is 11.6 Å². The Bertz CT molecular complexity index is 648. The first-order valence-electron chi connectivity index (χ1n) is 7.13. The fraction of sp³-hybridized carbons (Fsp3) is 0.533. The Morgan fingerprint density at radius 3 is 2.05 bits per heavy atom. The third-order valence-electron chi connectivity index (χ3n) is 4.10. The molecule has 1 amide bonds. The molecule has 0 spiro atoms. The van der Waals surface area contributed by atoms with Gasteiger partial charge in [-0.3, -0.25) is 4.79 Å². The molecule has 0 N–H and O–H groups in total. The second kappa shape index (κ2) is 6.18. The van der Waals surface area contributed by atoms with E-state index in [-0.39, 0.29) is 5.91 Å². The van der Waals surface area contributed by atoms with E-state index in [2.05, 4.69) is 0 Å². The molecular formula is C15H21ClN2O3S. The number of benzene rings is 1. The quantitative estimate of drug-likeness (QED) is 0.839. The number of carbonyl (C=O) groups is 1. The van der Waals surface area contributed by atoms with Gasteiger partial charge in [0.1, 0.15) is 0 Å². The zero-order chi connectivity index (χ0) is 16.5. The molecule has 0 unspecified atom stereocenters. The molecule has 0 aromatic heterocycles. The number of hydrogen-bond acceptors (Lipinski definition) is 3. The predicted molar refractivity (Wildman–Crippen MR) is 87.5 cm³/mol. The summed E-state index contributed by atoms with van der Waals surface area (Å²) in [5.41, 5.74) is 0.227. The Morgan fingerprint density at radius 2 is 1.59 bits per heavy atom. The number of sulfonamides is 1. The first-order chi connectivity index (χ1) is 10.1. The smallest absolute Gasteiger partial charge is 0.232 e. The molecule has 5 nitrogen and oxygen atoms in total. The minimum absolute atomic E-state index is 0.00275. The number of hydrogen-bond donors (Lipinski definition) is 0. The summed E-state index contributed by atoms with van der Waals surface area (Å²) >= 11 is 5.89. The lowest BCUT2D eigenvalue weighted by molar-refractivity contribution is -0.137. The van der Waals surface area contributed by atoms with Crippen molar-refractivity contribution in [3.63, 3.8) is 0 Å². The maximum absolute atomic E-state index is 12.8. The number of carbonyl (C=O) groups excluding carboxylic acids is 1. The molecule has 0 saturated carbocycles. The molecule has 0 radical (unpaired) electrons. The standard InChI is InChI=1S/C15H21ClN2O3S/c1-15(2,12-4-6-13(16)7-5-12)14(19)17-8-10-18(11-9-17)22(3,20)21/h4-7H,8-11H2,1-3H3. The zero-order valence-corrected chi connectivity index (χ0v) is 14.6. The molecule has 1 aromatic carbocycles. The van der Waals surface area contributed by atoms with E-state index in [1.54, 1.807) is 17.0 Å².